The monoisotopic (exact) mass is 302 g/mol. The number of hydrogen-bond donors (Lipinski definition) is 1. The van der Waals surface area contributed by atoms with Crippen LogP contribution in [0.3, 0.4) is 0 Å². The van der Waals surface area contributed by atoms with Gasteiger partial charge in [-0.2, -0.15) is 0 Å². The minimum atomic E-state index is -3.06. The van der Waals surface area contributed by atoms with Crippen molar-refractivity contribution in [1.82, 2.24) is 9.62 Å². The van der Waals surface area contributed by atoms with Crippen molar-refractivity contribution in [3.8, 4) is 0 Å². The number of sulfonamides is 1. The summed E-state index contributed by atoms with van der Waals surface area (Å²) in [6, 6.07) is 0.965. The molecule has 0 heterocycles. The molecule has 0 saturated heterocycles. The topological polar surface area (TPSA) is 49.4 Å². The van der Waals surface area contributed by atoms with E-state index in [4.69, 9.17) is 0 Å². The Hall–Kier alpha value is -0.130. The van der Waals surface area contributed by atoms with Crippen LogP contribution in [-0.2, 0) is 10.0 Å². The second-order valence-corrected chi connectivity index (χ2v) is 8.56. The normalized spacial score (nSPS) is 22.1. The third kappa shape index (κ3) is 5.34. The summed E-state index contributed by atoms with van der Waals surface area (Å²) in [6.07, 6.45) is 11.3. The van der Waals surface area contributed by atoms with Gasteiger partial charge in [-0.15, -0.1) is 0 Å². The van der Waals surface area contributed by atoms with Gasteiger partial charge in [0.25, 0.3) is 0 Å². The standard InChI is InChI=1S/C15H30N2O2S/c1-17(15-8-4-2-3-5-9-15)20(18,19)13-7-6-12-16-14-10-11-14/h14-16H,2-13H2,1H3. The van der Waals surface area contributed by atoms with Crippen LogP contribution in [0.2, 0.25) is 0 Å². The smallest absolute Gasteiger partial charge is 0.214 e. The van der Waals surface area contributed by atoms with Gasteiger partial charge in [0.2, 0.25) is 10.0 Å². The zero-order valence-corrected chi connectivity index (χ0v) is 13.6. The van der Waals surface area contributed by atoms with Crippen LogP contribution in [0, 0.1) is 0 Å². The van der Waals surface area contributed by atoms with Crippen LogP contribution in [0.25, 0.3) is 0 Å². The van der Waals surface area contributed by atoms with Crippen molar-refractivity contribution in [3.05, 3.63) is 0 Å². The van der Waals surface area contributed by atoms with Gasteiger partial charge >= 0.3 is 0 Å². The van der Waals surface area contributed by atoms with Gasteiger partial charge < -0.3 is 5.32 Å². The maximum atomic E-state index is 12.4. The van der Waals surface area contributed by atoms with Crippen LogP contribution in [-0.4, -0.2) is 44.2 Å². The Kier molecular flexibility index (Phi) is 6.30. The van der Waals surface area contributed by atoms with E-state index in [0.29, 0.717) is 5.75 Å². The molecule has 0 radical (unpaired) electrons. The molecule has 0 bridgehead atoms. The summed E-state index contributed by atoms with van der Waals surface area (Å²) >= 11 is 0. The number of hydrogen-bond acceptors (Lipinski definition) is 3. The molecule has 4 nitrogen and oxygen atoms in total. The summed E-state index contributed by atoms with van der Waals surface area (Å²) < 4.78 is 26.4. The molecule has 2 rings (SSSR count). The van der Waals surface area contributed by atoms with Gasteiger partial charge in [0.15, 0.2) is 0 Å². The van der Waals surface area contributed by atoms with E-state index in [1.54, 1.807) is 11.4 Å². The van der Waals surface area contributed by atoms with Gasteiger partial charge in [-0.3, -0.25) is 0 Å². The minimum Gasteiger partial charge on any atom is -0.314 e. The van der Waals surface area contributed by atoms with Crippen molar-refractivity contribution in [2.45, 2.75) is 76.3 Å². The fourth-order valence-corrected chi connectivity index (χ4v) is 4.52. The molecule has 2 aliphatic carbocycles. The summed E-state index contributed by atoms with van der Waals surface area (Å²) in [5, 5.41) is 3.44. The fraction of sp³-hybridized carbons (Fsp3) is 1.00. The largest absolute Gasteiger partial charge is 0.314 e. The van der Waals surface area contributed by atoms with Gasteiger partial charge in [-0.05, 0) is 45.1 Å². The zero-order chi connectivity index (χ0) is 14.4. The first-order chi connectivity index (χ1) is 9.59. The molecular formula is C15H30N2O2S. The number of unbranched alkanes of at least 4 members (excludes halogenated alkanes) is 1. The van der Waals surface area contributed by atoms with E-state index in [-0.39, 0.29) is 6.04 Å². The van der Waals surface area contributed by atoms with Crippen LogP contribution < -0.4 is 5.32 Å². The highest BCUT2D eigenvalue weighted by Crippen LogP contribution is 2.23. The molecule has 0 amide bonds. The lowest BCUT2D eigenvalue weighted by molar-refractivity contribution is 0.335. The first-order valence-electron chi connectivity index (χ1n) is 8.29. The molecule has 0 aliphatic heterocycles. The third-order valence-electron chi connectivity index (χ3n) is 4.62. The lowest BCUT2D eigenvalue weighted by atomic mass is 10.1. The molecule has 0 atom stereocenters. The third-order valence-corrected chi connectivity index (χ3v) is 6.60. The lowest BCUT2D eigenvalue weighted by Crippen LogP contribution is -2.38. The zero-order valence-electron chi connectivity index (χ0n) is 12.8. The molecular weight excluding hydrogens is 272 g/mol. The summed E-state index contributed by atoms with van der Waals surface area (Å²) in [4.78, 5) is 0. The quantitative estimate of drug-likeness (QED) is 0.553. The average Bonchev–Trinajstić information content (AvgIpc) is 3.24. The van der Waals surface area contributed by atoms with E-state index in [0.717, 1.165) is 38.3 Å². The maximum absolute atomic E-state index is 12.4. The van der Waals surface area contributed by atoms with E-state index < -0.39 is 10.0 Å². The molecule has 0 aromatic heterocycles. The first-order valence-corrected chi connectivity index (χ1v) is 9.89. The fourth-order valence-electron chi connectivity index (χ4n) is 3.00. The summed E-state index contributed by atoms with van der Waals surface area (Å²) in [5.41, 5.74) is 0. The Morgan fingerprint density at radius 3 is 2.25 bits per heavy atom. The van der Waals surface area contributed by atoms with Gasteiger partial charge in [0.05, 0.1) is 5.75 Å². The van der Waals surface area contributed by atoms with Crippen LogP contribution in [0.15, 0.2) is 0 Å². The van der Waals surface area contributed by atoms with Crippen LogP contribution in [0.1, 0.15) is 64.2 Å². The molecule has 2 fully saturated rings. The van der Waals surface area contributed by atoms with Crippen molar-refractivity contribution < 1.29 is 8.42 Å². The second-order valence-electron chi connectivity index (χ2n) is 6.41. The van der Waals surface area contributed by atoms with E-state index >= 15 is 0 Å². The van der Waals surface area contributed by atoms with Gasteiger partial charge in [-0.25, -0.2) is 12.7 Å². The van der Waals surface area contributed by atoms with Gasteiger partial charge in [0, 0.05) is 19.1 Å². The number of rotatable bonds is 8. The first kappa shape index (κ1) is 16.2. The molecule has 20 heavy (non-hydrogen) atoms. The Labute approximate surface area is 124 Å². The Morgan fingerprint density at radius 1 is 1.00 bits per heavy atom. The molecule has 0 unspecified atom stereocenters. The summed E-state index contributed by atoms with van der Waals surface area (Å²) in [7, 11) is -1.27. The SMILES string of the molecule is CN(C1CCCCCC1)S(=O)(=O)CCCCNC1CC1. The molecule has 1 N–H and O–H groups in total. The highest BCUT2D eigenvalue weighted by atomic mass is 32.2. The molecule has 0 aromatic carbocycles. The van der Waals surface area contributed by atoms with Crippen LogP contribution >= 0.6 is 0 Å². The Morgan fingerprint density at radius 2 is 1.65 bits per heavy atom. The van der Waals surface area contributed by atoms with Crippen molar-refractivity contribution in [1.29, 1.82) is 0 Å². The average molecular weight is 302 g/mol. The van der Waals surface area contributed by atoms with Crippen molar-refractivity contribution in [3.63, 3.8) is 0 Å². The van der Waals surface area contributed by atoms with Crippen molar-refractivity contribution in [2.75, 3.05) is 19.3 Å². The predicted octanol–water partition coefficient (Wildman–Crippen LogP) is 2.50. The Balaban J connectivity index is 1.69. The van der Waals surface area contributed by atoms with Crippen LogP contribution in [0.5, 0.6) is 0 Å². The lowest BCUT2D eigenvalue weighted by Gasteiger charge is -2.26. The van der Waals surface area contributed by atoms with Crippen molar-refractivity contribution >= 4 is 10.0 Å². The minimum absolute atomic E-state index is 0.243. The highest BCUT2D eigenvalue weighted by Gasteiger charge is 2.26. The Bertz CT molecular complexity index is 371. The summed E-state index contributed by atoms with van der Waals surface area (Å²) in [6.45, 7) is 0.966. The highest BCUT2D eigenvalue weighted by molar-refractivity contribution is 7.89. The molecule has 0 aromatic rings. The van der Waals surface area contributed by atoms with E-state index in [9.17, 15) is 8.42 Å². The van der Waals surface area contributed by atoms with Gasteiger partial charge in [0.1, 0.15) is 0 Å². The number of nitrogens with zero attached hydrogens (tertiary/aromatic N) is 1. The molecule has 2 saturated carbocycles. The summed E-state index contributed by atoms with van der Waals surface area (Å²) in [5.74, 6) is 0.312. The van der Waals surface area contributed by atoms with E-state index in [2.05, 4.69) is 5.32 Å². The maximum Gasteiger partial charge on any atom is 0.214 e. The van der Waals surface area contributed by atoms with Crippen LogP contribution in [0.4, 0.5) is 0 Å². The van der Waals surface area contributed by atoms with Crippen molar-refractivity contribution in [2.24, 2.45) is 0 Å². The number of nitrogens with one attached hydrogen (secondary N) is 1. The van der Waals surface area contributed by atoms with Gasteiger partial charge in [-0.1, -0.05) is 25.7 Å². The predicted molar refractivity (Wildman–Crippen MR) is 83.3 cm³/mol. The molecule has 2 aliphatic rings. The molecule has 118 valence electrons. The molecule has 5 heteroatoms. The second kappa shape index (κ2) is 7.76. The molecule has 0 spiro atoms. The van der Waals surface area contributed by atoms with E-state index in [1.807, 2.05) is 0 Å². The van der Waals surface area contributed by atoms with E-state index in [1.165, 1.54) is 38.5 Å².